The van der Waals surface area contributed by atoms with Gasteiger partial charge in [-0.25, -0.2) is 4.57 Å². The highest BCUT2D eigenvalue weighted by atomic mass is 31.2. The van der Waals surface area contributed by atoms with E-state index < -0.39 is 26.6 Å². The molecule has 8 heteroatoms. The molecule has 0 radical (unpaired) electrons. The predicted molar refractivity (Wildman–Crippen MR) is 200 cm³/mol. The molecule has 0 saturated heterocycles. The lowest BCUT2D eigenvalue weighted by molar-refractivity contribution is -0.123. The van der Waals surface area contributed by atoms with Gasteiger partial charge < -0.3 is 20.2 Å². The summed E-state index contributed by atoms with van der Waals surface area (Å²) in [6.07, 6.45) is 39.5. The first kappa shape index (κ1) is 46.5. The molecule has 0 aliphatic carbocycles. The molecule has 7 nitrogen and oxygen atoms in total. The maximum absolute atomic E-state index is 12.6. The van der Waals surface area contributed by atoms with Gasteiger partial charge in [0, 0.05) is 6.42 Å². The van der Waals surface area contributed by atoms with Crippen LogP contribution in [0.3, 0.4) is 0 Å². The van der Waals surface area contributed by atoms with Crippen molar-refractivity contribution < 1.29 is 28.8 Å². The van der Waals surface area contributed by atoms with Crippen LogP contribution in [0.15, 0.2) is 0 Å². The molecule has 0 aliphatic heterocycles. The van der Waals surface area contributed by atoms with Crippen LogP contribution in [0.5, 0.6) is 0 Å². The van der Waals surface area contributed by atoms with Gasteiger partial charge in [0.25, 0.3) is 0 Å². The Morgan fingerprint density at radius 3 is 1.15 bits per heavy atom. The molecule has 0 aromatic rings. The molecule has 0 saturated carbocycles. The fraction of sp³-hybridized carbons (Fsp3) is 0.974. The normalized spacial score (nSPS) is 13.2. The lowest BCUT2D eigenvalue weighted by atomic mass is 10.0. The van der Waals surface area contributed by atoms with Crippen LogP contribution in [0.4, 0.5) is 0 Å². The second-order valence-electron chi connectivity index (χ2n) is 14.3. The van der Waals surface area contributed by atoms with Crippen molar-refractivity contribution in [3.8, 4) is 0 Å². The van der Waals surface area contributed by atoms with Crippen LogP contribution in [0.1, 0.15) is 226 Å². The van der Waals surface area contributed by atoms with E-state index in [9.17, 15) is 14.5 Å². The number of carbonyl (C=O) groups excluding carboxylic acids is 1. The molecule has 0 aromatic heterocycles. The summed E-state index contributed by atoms with van der Waals surface area (Å²) in [5.74, 6) is -0.191. The van der Waals surface area contributed by atoms with Crippen LogP contribution < -0.4 is 5.32 Å². The van der Waals surface area contributed by atoms with Gasteiger partial charge in [0.2, 0.25) is 5.91 Å². The minimum Gasteiger partial charge on any atom is -0.391 e. The zero-order valence-electron chi connectivity index (χ0n) is 31.2. The van der Waals surface area contributed by atoms with Gasteiger partial charge in [-0.3, -0.25) is 9.32 Å². The fourth-order valence-electron chi connectivity index (χ4n) is 6.46. The second-order valence-corrected chi connectivity index (χ2v) is 15.6. The number of phosphoric ester groups is 1. The topological polar surface area (TPSA) is 116 Å². The van der Waals surface area contributed by atoms with Crippen molar-refractivity contribution in [2.24, 2.45) is 0 Å². The molecular weight excluding hydrogens is 609 g/mol. The number of hydrogen-bond donors (Lipinski definition) is 4. The van der Waals surface area contributed by atoms with Crippen molar-refractivity contribution in [3.63, 3.8) is 0 Å². The third-order valence-corrected chi connectivity index (χ3v) is 10.1. The van der Waals surface area contributed by atoms with Crippen LogP contribution in [0.25, 0.3) is 0 Å². The number of nitrogens with one attached hydrogen (secondary N) is 1. The zero-order chi connectivity index (χ0) is 34.7. The smallest absolute Gasteiger partial charge is 0.391 e. The molecular formula is C39H80NO6P. The van der Waals surface area contributed by atoms with Crippen molar-refractivity contribution >= 4 is 13.7 Å². The van der Waals surface area contributed by atoms with E-state index in [0.29, 0.717) is 12.8 Å². The van der Waals surface area contributed by atoms with E-state index in [1.807, 2.05) is 0 Å². The largest absolute Gasteiger partial charge is 0.469 e. The summed E-state index contributed by atoms with van der Waals surface area (Å²) in [5, 5.41) is 13.5. The average molecular weight is 690 g/mol. The second kappa shape index (κ2) is 35.4. The van der Waals surface area contributed by atoms with Crippen molar-refractivity contribution in [2.75, 3.05) is 6.61 Å². The lowest BCUT2D eigenvalue weighted by Crippen LogP contribution is -2.46. The first-order valence-electron chi connectivity index (χ1n) is 20.5. The minimum absolute atomic E-state index is 0.191. The highest BCUT2D eigenvalue weighted by molar-refractivity contribution is 7.46. The number of aliphatic hydroxyl groups excluding tert-OH is 1. The van der Waals surface area contributed by atoms with Crippen molar-refractivity contribution in [1.82, 2.24) is 5.32 Å². The molecule has 0 bridgehead atoms. The fourth-order valence-corrected chi connectivity index (χ4v) is 6.82. The van der Waals surface area contributed by atoms with E-state index in [1.54, 1.807) is 0 Å². The number of carbonyl (C=O) groups is 1. The van der Waals surface area contributed by atoms with Crippen LogP contribution in [-0.4, -0.2) is 39.6 Å². The van der Waals surface area contributed by atoms with Gasteiger partial charge >= 0.3 is 7.82 Å². The Hall–Kier alpha value is -0.460. The number of unbranched alkanes of at least 4 members (excludes halogenated alkanes) is 29. The number of hydrogen-bond acceptors (Lipinski definition) is 4. The van der Waals surface area contributed by atoms with E-state index in [4.69, 9.17) is 9.79 Å². The van der Waals surface area contributed by atoms with E-state index >= 15 is 0 Å². The standard InChI is InChI=1S/C39H80NO6P/c1-3-5-7-9-11-13-15-16-17-18-19-20-21-22-23-24-25-27-29-31-33-35-39(42)40-37(36-46-47(43,44)45)38(41)34-32-30-28-26-14-12-10-8-6-4-2/h37-38,41H,3-36H2,1-2H3,(H,40,42)(H2,43,44,45)/t37-,38+/m0/s1. The van der Waals surface area contributed by atoms with E-state index in [2.05, 4.69) is 23.7 Å². The Bertz CT molecular complexity index is 703. The molecule has 0 heterocycles. The Morgan fingerprint density at radius 2 is 0.830 bits per heavy atom. The summed E-state index contributed by atoms with van der Waals surface area (Å²) in [6.45, 7) is 4.12. The Labute approximate surface area is 291 Å². The Morgan fingerprint density at radius 1 is 0.532 bits per heavy atom. The van der Waals surface area contributed by atoms with Gasteiger partial charge in [-0.05, 0) is 12.8 Å². The average Bonchev–Trinajstić information content (AvgIpc) is 3.04. The molecule has 1 amide bonds. The number of phosphoric acid groups is 1. The highest BCUT2D eigenvalue weighted by Gasteiger charge is 2.25. The molecule has 47 heavy (non-hydrogen) atoms. The maximum atomic E-state index is 12.6. The van der Waals surface area contributed by atoms with Crippen molar-refractivity contribution in [1.29, 1.82) is 0 Å². The third kappa shape index (κ3) is 36.6. The first-order valence-corrected chi connectivity index (χ1v) is 22.0. The summed E-state index contributed by atoms with van der Waals surface area (Å²) in [7, 11) is -4.68. The molecule has 0 aliphatic rings. The van der Waals surface area contributed by atoms with Crippen LogP contribution >= 0.6 is 7.82 Å². The number of amides is 1. The lowest BCUT2D eigenvalue weighted by Gasteiger charge is -2.24. The third-order valence-electron chi connectivity index (χ3n) is 9.59. The van der Waals surface area contributed by atoms with Gasteiger partial charge in [-0.2, -0.15) is 0 Å². The van der Waals surface area contributed by atoms with Gasteiger partial charge in [-0.15, -0.1) is 0 Å². The summed E-state index contributed by atoms with van der Waals surface area (Å²) in [5.41, 5.74) is 0. The summed E-state index contributed by atoms with van der Waals surface area (Å²) < 4.78 is 15.9. The molecule has 0 spiro atoms. The molecule has 0 fully saturated rings. The minimum atomic E-state index is -4.68. The molecule has 282 valence electrons. The van der Waals surface area contributed by atoms with Gasteiger partial charge in [0.1, 0.15) is 0 Å². The Balaban J connectivity index is 3.79. The van der Waals surface area contributed by atoms with Crippen LogP contribution in [0, 0.1) is 0 Å². The van der Waals surface area contributed by atoms with Crippen molar-refractivity contribution in [2.45, 2.75) is 238 Å². The summed E-state index contributed by atoms with van der Waals surface area (Å²) in [4.78, 5) is 30.8. The monoisotopic (exact) mass is 690 g/mol. The molecule has 4 N–H and O–H groups in total. The molecule has 0 rings (SSSR count). The predicted octanol–water partition coefficient (Wildman–Crippen LogP) is 11.9. The maximum Gasteiger partial charge on any atom is 0.469 e. The number of aliphatic hydroxyl groups is 1. The first-order chi connectivity index (χ1) is 22.8. The van der Waals surface area contributed by atoms with E-state index in [-0.39, 0.29) is 5.91 Å². The van der Waals surface area contributed by atoms with Gasteiger partial charge in [0.05, 0.1) is 18.8 Å². The highest BCUT2D eigenvalue weighted by Crippen LogP contribution is 2.36. The van der Waals surface area contributed by atoms with Crippen LogP contribution in [-0.2, 0) is 13.9 Å². The van der Waals surface area contributed by atoms with E-state index in [1.165, 1.54) is 161 Å². The Kier molecular flexibility index (Phi) is 35.0. The van der Waals surface area contributed by atoms with E-state index in [0.717, 1.165) is 38.5 Å². The van der Waals surface area contributed by atoms with Gasteiger partial charge in [0.15, 0.2) is 0 Å². The molecule has 0 aromatic carbocycles. The molecule has 0 unspecified atom stereocenters. The molecule has 2 atom stereocenters. The summed E-state index contributed by atoms with van der Waals surface area (Å²) >= 11 is 0. The quantitative estimate of drug-likeness (QED) is 0.0379. The summed E-state index contributed by atoms with van der Waals surface area (Å²) in [6, 6.07) is -0.816. The number of rotatable bonds is 38. The SMILES string of the molecule is CCCCCCCCCCCCCCCCCCCCCCCC(=O)N[C@@H](COP(=O)(O)O)[C@H](O)CCCCCCCCCCCC. The van der Waals surface area contributed by atoms with Gasteiger partial charge in [-0.1, -0.05) is 206 Å². The zero-order valence-corrected chi connectivity index (χ0v) is 32.1. The van der Waals surface area contributed by atoms with Crippen molar-refractivity contribution in [3.05, 3.63) is 0 Å². The van der Waals surface area contributed by atoms with Crippen LogP contribution in [0.2, 0.25) is 0 Å².